The van der Waals surface area contributed by atoms with Gasteiger partial charge < -0.3 is 5.32 Å². The number of H-pyrrole nitrogens is 1. The minimum Gasteiger partial charge on any atom is -0.316 e. The zero-order chi connectivity index (χ0) is 12.0. The van der Waals surface area contributed by atoms with Gasteiger partial charge in [0.1, 0.15) is 0 Å². The molecule has 0 saturated carbocycles. The Kier molecular flexibility index (Phi) is 4.91. The third-order valence-electron chi connectivity index (χ3n) is 2.14. The molecule has 0 aliphatic carbocycles. The van der Waals surface area contributed by atoms with Gasteiger partial charge in [0.25, 0.3) is 10.0 Å². The molecule has 1 heterocycles. The van der Waals surface area contributed by atoms with Crippen LogP contribution in [-0.4, -0.2) is 32.2 Å². The maximum Gasteiger partial charge on any atom is 0.257 e. The summed E-state index contributed by atoms with van der Waals surface area (Å²) in [5.74, 6) is 0. The van der Waals surface area contributed by atoms with E-state index in [1.165, 1.54) is 6.20 Å². The highest BCUT2D eigenvalue weighted by atomic mass is 32.2. The summed E-state index contributed by atoms with van der Waals surface area (Å²) in [6.07, 6.45) is 3.30. The molecule has 0 aliphatic rings. The number of unbranched alkanes of at least 4 members (excludes halogenated alkanes) is 1. The number of aromatic nitrogens is 2. The second kappa shape index (κ2) is 5.97. The molecule has 92 valence electrons. The van der Waals surface area contributed by atoms with Crippen LogP contribution in [-0.2, 0) is 16.6 Å². The van der Waals surface area contributed by atoms with Crippen molar-refractivity contribution in [3.8, 4) is 0 Å². The van der Waals surface area contributed by atoms with Crippen LogP contribution in [0.2, 0.25) is 0 Å². The fourth-order valence-electron chi connectivity index (χ4n) is 1.30. The molecule has 0 spiro atoms. The van der Waals surface area contributed by atoms with Crippen LogP contribution in [0, 0.1) is 0 Å². The standard InChI is InChI=1S/C9H18N4O2S/c1-3-4-5-12-16(14,15)9-8(6-10-2)7-11-13-9/h7,10,12H,3-6H2,1-2H3,(H,11,13). The molecule has 3 N–H and O–H groups in total. The van der Waals surface area contributed by atoms with Gasteiger partial charge in [0.15, 0.2) is 5.03 Å². The van der Waals surface area contributed by atoms with E-state index in [0.717, 1.165) is 12.8 Å². The van der Waals surface area contributed by atoms with Gasteiger partial charge in [-0.3, -0.25) is 5.10 Å². The Balaban J connectivity index is 2.77. The van der Waals surface area contributed by atoms with Crippen molar-refractivity contribution in [3.63, 3.8) is 0 Å². The van der Waals surface area contributed by atoms with Crippen molar-refractivity contribution in [1.82, 2.24) is 20.2 Å². The highest BCUT2D eigenvalue weighted by Crippen LogP contribution is 2.11. The zero-order valence-electron chi connectivity index (χ0n) is 9.58. The molecule has 7 heteroatoms. The lowest BCUT2D eigenvalue weighted by Gasteiger charge is -2.06. The number of hydrogen-bond acceptors (Lipinski definition) is 4. The van der Waals surface area contributed by atoms with Crippen LogP contribution in [0.25, 0.3) is 0 Å². The Morgan fingerprint density at radius 1 is 1.50 bits per heavy atom. The summed E-state index contributed by atoms with van der Waals surface area (Å²) in [4.78, 5) is 0. The Labute approximate surface area is 95.9 Å². The number of nitrogens with zero attached hydrogens (tertiary/aromatic N) is 1. The number of nitrogens with one attached hydrogen (secondary N) is 3. The van der Waals surface area contributed by atoms with Crippen LogP contribution < -0.4 is 10.0 Å². The van der Waals surface area contributed by atoms with Gasteiger partial charge in [-0.25, -0.2) is 13.1 Å². The summed E-state index contributed by atoms with van der Waals surface area (Å²) in [6, 6.07) is 0. The van der Waals surface area contributed by atoms with E-state index < -0.39 is 10.0 Å². The second-order valence-electron chi connectivity index (χ2n) is 3.51. The Hall–Kier alpha value is -0.920. The molecule has 0 atom stereocenters. The molecule has 0 aliphatic heterocycles. The van der Waals surface area contributed by atoms with Gasteiger partial charge >= 0.3 is 0 Å². The summed E-state index contributed by atoms with van der Waals surface area (Å²) in [7, 11) is -1.69. The highest BCUT2D eigenvalue weighted by molar-refractivity contribution is 7.89. The van der Waals surface area contributed by atoms with E-state index in [1.54, 1.807) is 7.05 Å². The molecule has 1 aromatic rings. The minimum atomic E-state index is -3.45. The van der Waals surface area contributed by atoms with Gasteiger partial charge in [-0.2, -0.15) is 5.10 Å². The molecule has 1 aromatic heterocycles. The van der Waals surface area contributed by atoms with Crippen LogP contribution in [0.5, 0.6) is 0 Å². The largest absolute Gasteiger partial charge is 0.316 e. The maximum atomic E-state index is 11.9. The van der Waals surface area contributed by atoms with Crippen molar-refractivity contribution < 1.29 is 8.42 Å². The minimum absolute atomic E-state index is 0.151. The van der Waals surface area contributed by atoms with Gasteiger partial charge in [0, 0.05) is 18.7 Å². The summed E-state index contributed by atoms with van der Waals surface area (Å²) in [6.45, 7) is 2.94. The van der Waals surface area contributed by atoms with Crippen molar-refractivity contribution in [2.45, 2.75) is 31.3 Å². The van der Waals surface area contributed by atoms with Crippen LogP contribution >= 0.6 is 0 Å². The third kappa shape index (κ3) is 3.29. The molecule has 0 radical (unpaired) electrons. The average Bonchev–Trinajstić information content (AvgIpc) is 2.67. The van der Waals surface area contributed by atoms with Crippen molar-refractivity contribution in [2.75, 3.05) is 13.6 Å². The molecule has 1 rings (SSSR count). The topological polar surface area (TPSA) is 86.9 Å². The first-order valence-corrected chi connectivity index (χ1v) is 6.76. The third-order valence-corrected chi connectivity index (χ3v) is 3.61. The molecular weight excluding hydrogens is 228 g/mol. The Bertz CT molecular complexity index is 413. The van der Waals surface area contributed by atoms with Crippen LogP contribution in [0.3, 0.4) is 0 Å². The normalized spacial score (nSPS) is 11.9. The van der Waals surface area contributed by atoms with Crippen LogP contribution in [0.1, 0.15) is 25.3 Å². The monoisotopic (exact) mass is 246 g/mol. The van der Waals surface area contributed by atoms with Gasteiger partial charge in [-0.05, 0) is 13.5 Å². The van der Waals surface area contributed by atoms with E-state index in [-0.39, 0.29) is 5.03 Å². The van der Waals surface area contributed by atoms with Crippen molar-refractivity contribution in [2.24, 2.45) is 0 Å². The molecule has 0 saturated heterocycles. The predicted molar refractivity (Wildman–Crippen MR) is 61.4 cm³/mol. The lowest BCUT2D eigenvalue weighted by atomic mass is 10.3. The van der Waals surface area contributed by atoms with Crippen molar-refractivity contribution in [1.29, 1.82) is 0 Å². The zero-order valence-corrected chi connectivity index (χ0v) is 10.4. The molecule has 0 aromatic carbocycles. The number of hydrogen-bond donors (Lipinski definition) is 3. The quantitative estimate of drug-likeness (QED) is 0.600. The maximum absolute atomic E-state index is 11.9. The summed E-state index contributed by atoms with van der Waals surface area (Å²) >= 11 is 0. The summed E-state index contributed by atoms with van der Waals surface area (Å²) in [5.41, 5.74) is 0.645. The fraction of sp³-hybridized carbons (Fsp3) is 0.667. The van der Waals surface area contributed by atoms with Gasteiger partial charge in [-0.1, -0.05) is 13.3 Å². The van der Waals surface area contributed by atoms with Gasteiger partial charge in [-0.15, -0.1) is 0 Å². The first kappa shape index (κ1) is 13.1. The molecule has 0 amide bonds. The Morgan fingerprint density at radius 2 is 2.25 bits per heavy atom. The second-order valence-corrected chi connectivity index (χ2v) is 5.21. The number of rotatable bonds is 7. The number of sulfonamides is 1. The summed E-state index contributed by atoms with van der Waals surface area (Å²) < 4.78 is 26.2. The molecule has 0 bridgehead atoms. The van der Waals surface area contributed by atoms with E-state index in [0.29, 0.717) is 18.7 Å². The molecule has 0 unspecified atom stereocenters. The van der Waals surface area contributed by atoms with E-state index in [4.69, 9.17) is 0 Å². The number of aromatic amines is 1. The fourth-order valence-corrected chi connectivity index (χ4v) is 2.50. The van der Waals surface area contributed by atoms with E-state index in [9.17, 15) is 8.42 Å². The van der Waals surface area contributed by atoms with E-state index in [2.05, 4.69) is 20.2 Å². The first-order valence-electron chi connectivity index (χ1n) is 5.28. The smallest absolute Gasteiger partial charge is 0.257 e. The van der Waals surface area contributed by atoms with Gasteiger partial charge in [0.05, 0.1) is 6.20 Å². The molecule has 6 nitrogen and oxygen atoms in total. The average molecular weight is 246 g/mol. The molecular formula is C9H18N4O2S. The lowest BCUT2D eigenvalue weighted by Crippen LogP contribution is -2.26. The highest BCUT2D eigenvalue weighted by Gasteiger charge is 2.19. The van der Waals surface area contributed by atoms with Gasteiger partial charge in [0.2, 0.25) is 0 Å². The molecule has 16 heavy (non-hydrogen) atoms. The van der Waals surface area contributed by atoms with E-state index >= 15 is 0 Å². The van der Waals surface area contributed by atoms with Crippen LogP contribution in [0.4, 0.5) is 0 Å². The first-order chi connectivity index (χ1) is 7.61. The summed E-state index contributed by atoms with van der Waals surface area (Å²) in [5, 5.41) is 9.32. The van der Waals surface area contributed by atoms with E-state index in [1.807, 2.05) is 6.92 Å². The molecule has 0 fully saturated rings. The van der Waals surface area contributed by atoms with Crippen LogP contribution in [0.15, 0.2) is 11.2 Å². The van der Waals surface area contributed by atoms with Crippen molar-refractivity contribution >= 4 is 10.0 Å². The SMILES string of the molecule is CCCCNS(=O)(=O)c1[nH]ncc1CNC. The predicted octanol–water partition coefficient (Wildman–Crippen LogP) is 0.208. The Morgan fingerprint density at radius 3 is 2.88 bits per heavy atom. The van der Waals surface area contributed by atoms with Crippen molar-refractivity contribution in [3.05, 3.63) is 11.8 Å². The lowest BCUT2D eigenvalue weighted by molar-refractivity contribution is 0.572.